The molecule has 0 amide bonds. The minimum absolute atomic E-state index is 0.0279. The standard InChI is InChI=1S/C16H14N4O3S/c1-8-7-24-15(19-8)10-6-18-16(17)20-12(10)9-2-3-11-14(13(9)21)23-5-4-22-11/h2-3,6-7,21H,4-5H2,1H3,(H2,17,18,20). The quantitative estimate of drug-likeness (QED) is 0.738. The van der Waals surface area contributed by atoms with Crippen LogP contribution < -0.4 is 15.2 Å². The molecule has 0 spiro atoms. The van der Waals surface area contributed by atoms with Gasteiger partial charge in [0.25, 0.3) is 0 Å². The summed E-state index contributed by atoms with van der Waals surface area (Å²) in [5, 5.41) is 13.3. The molecule has 3 heterocycles. The summed E-state index contributed by atoms with van der Waals surface area (Å²) in [6.45, 7) is 2.75. The maximum atomic E-state index is 10.6. The van der Waals surface area contributed by atoms with Gasteiger partial charge in [0.15, 0.2) is 11.5 Å². The smallest absolute Gasteiger partial charge is 0.220 e. The fourth-order valence-corrected chi connectivity index (χ4v) is 3.34. The summed E-state index contributed by atoms with van der Waals surface area (Å²) in [6, 6.07) is 3.48. The van der Waals surface area contributed by atoms with E-state index in [-0.39, 0.29) is 11.7 Å². The van der Waals surface area contributed by atoms with E-state index < -0.39 is 0 Å². The highest BCUT2D eigenvalue weighted by Gasteiger charge is 2.23. The maximum Gasteiger partial charge on any atom is 0.220 e. The van der Waals surface area contributed by atoms with E-state index in [2.05, 4.69) is 15.0 Å². The molecule has 2 aromatic heterocycles. The van der Waals surface area contributed by atoms with Gasteiger partial charge in [-0.05, 0) is 19.1 Å². The van der Waals surface area contributed by atoms with E-state index in [0.717, 1.165) is 10.7 Å². The van der Waals surface area contributed by atoms with Crippen molar-refractivity contribution in [3.05, 3.63) is 29.4 Å². The predicted molar refractivity (Wildman–Crippen MR) is 90.4 cm³/mol. The number of fused-ring (bicyclic) bond motifs is 1. The molecule has 1 aliphatic heterocycles. The molecule has 24 heavy (non-hydrogen) atoms. The Labute approximate surface area is 141 Å². The molecule has 0 saturated carbocycles. The molecule has 0 aliphatic carbocycles. The Hall–Kier alpha value is -2.87. The second-order valence-corrected chi connectivity index (χ2v) is 6.13. The van der Waals surface area contributed by atoms with Crippen LogP contribution in [0.2, 0.25) is 0 Å². The van der Waals surface area contributed by atoms with Crippen LogP contribution in [0.5, 0.6) is 17.2 Å². The number of ether oxygens (including phenoxy) is 2. The average Bonchev–Trinajstić information content (AvgIpc) is 3.02. The molecule has 3 aromatic rings. The number of hydrogen-bond acceptors (Lipinski definition) is 8. The fraction of sp³-hybridized carbons (Fsp3) is 0.188. The van der Waals surface area contributed by atoms with Crippen molar-refractivity contribution in [2.45, 2.75) is 6.92 Å². The van der Waals surface area contributed by atoms with Gasteiger partial charge in [0.2, 0.25) is 11.7 Å². The van der Waals surface area contributed by atoms with Crippen molar-refractivity contribution in [2.24, 2.45) is 0 Å². The van der Waals surface area contributed by atoms with Crippen LogP contribution in [-0.2, 0) is 0 Å². The van der Waals surface area contributed by atoms with E-state index in [0.29, 0.717) is 41.5 Å². The fourth-order valence-electron chi connectivity index (χ4n) is 2.53. The zero-order chi connectivity index (χ0) is 16.7. The van der Waals surface area contributed by atoms with E-state index in [4.69, 9.17) is 15.2 Å². The largest absolute Gasteiger partial charge is 0.504 e. The summed E-state index contributed by atoms with van der Waals surface area (Å²) in [4.78, 5) is 12.9. The van der Waals surface area contributed by atoms with Gasteiger partial charge in [0, 0.05) is 22.8 Å². The van der Waals surface area contributed by atoms with Crippen LogP contribution in [0.15, 0.2) is 23.7 Å². The van der Waals surface area contributed by atoms with Crippen LogP contribution >= 0.6 is 11.3 Å². The number of phenols is 1. The number of nitrogens with zero attached hydrogens (tertiary/aromatic N) is 3. The lowest BCUT2D eigenvalue weighted by molar-refractivity contribution is 0.166. The summed E-state index contributed by atoms with van der Waals surface area (Å²) in [6.07, 6.45) is 1.62. The molecule has 8 heteroatoms. The van der Waals surface area contributed by atoms with Gasteiger partial charge in [-0.3, -0.25) is 0 Å². The number of anilines is 1. The number of thiazole rings is 1. The molecule has 0 saturated heterocycles. The molecule has 0 unspecified atom stereocenters. The highest BCUT2D eigenvalue weighted by molar-refractivity contribution is 7.13. The number of nitrogens with two attached hydrogens (primary N) is 1. The van der Waals surface area contributed by atoms with E-state index in [1.807, 2.05) is 12.3 Å². The van der Waals surface area contributed by atoms with E-state index in [1.54, 1.807) is 18.3 Å². The lowest BCUT2D eigenvalue weighted by Crippen LogP contribution is -2.15. The molecule has 0 fully saturated rings. The maximum absolute atomic E-state index is 10.6. The SMILES string of the molecule is Cc1csc(-c2cnc(N)nc2-c2ccc3c(c2O)OCCO3)n1. The summed E-state index contributed by atoms with van der Waals surface area (Å²) in [7, 11) is 0. The van der Waals surface area contributed by atoms with E-state index in [9.17, 15) is 5.11 Å². The Balaban J connectivity index is 1.92. The molecule has 0 bridgehead atoms. The summed E-state index contributed by atoms with van der Waals surface area (Å²) in [5.41, 5.74) is 8.37. The Morgan fingerprint density at radius 3 is 2.79 bits per heavy atom. The molecular formula is C16H14N4O3S. The van der Waals surface area contributed by atoms with Gasteiger partial charge in [-0.1, -0.05) is 0 Å². The lowest BCUT2D eigenvalue weighted by atomic mass is 10.0. The molecule has 3 N–H and O–H groups in total. The number of phenolic OH excluding ortho intramolecular Hbond substituents is 1. The Bertz CT molecular complexity index is 926. The van der Waals surface area contributed by atoms with Crippen LogP contribution in [0.25, 0.3) is 21.8 Å². The molecular weight excluding hydrogens is 328 g/mol. The van der Waals surface area contributed by atoms with Crippen molar-refractivity contribution in [3.8, 4) is 39.1 Å². The van der Waals surface area contributed by atoms with Crippen molar-refractivity contribution in [1.82, 2.24) is 15.0 Å². The molecule has 1 aliphatic rings. The van der Waals surface area contributed by atoms with Crippen LogP contribution in [0, 0.1) is 6.92 Å². The van der Waals surface area contributed by atoms with Gasteiger partial charge in [0.05, 0.1) is 11.3 Å². The Morgan fingerprint density at radius 2 is 2.00 bits per heavy atom. The van der Waals surface area contributed by atoms with Crippen molar-refractivity contribution in [2.75, 3.05) is 18.9 Å². The first-order chi connectivity index (χ1) is 11.6. The lowest BCUT2D eigenvalue weighted by Gasteiger charge is -2.20. The van der Waals surface area contributed by atoms with E-state index >= 15 is 0 Å². The third-order valence-corrected chi connectivity index (χ3v) is 4.59. The molecule has 122 valence electrons. The van der Waals surface area contributed by atoms with Gasteiger partial charge >= 0.3 is 0 Å². The van der Waals surface area contributed by atoms with Crippen molar-refractivity contribution >= 4 is 17.3 Å². The zero-order valence-corrected chi connectivity index (χ0v) is 13.6. The molecule has 4 rings (SSSR count). The van der Waals surface area contributed by atoms with E-state index in [1.165, 1.54) is 11.3 Å². The van der Waals surface area contributed by atoms with Crippen molar-refractivity contribution < 1.29 is 14.6 Å². The molecule has 1 aromatic carbocycles. The summed E-state index contributed by atoms with van der Waals surface area (Å²) in [5.74, 6) is 0.921. The minimum Gasteiger partial charge on any atom is -0.504 e. The zero-order valence-electron chi connectivity index (χ0n) is 12.8. The number of aromatic nitrogens is 3. The normalized spacial score (nSPS) is 13.0. The van der Waals surface area contributed by atoms with Gasteiger partial charge < -0.3 is 20.3 Å². The van der Waals surface area contributed by atoms with Crippen LogP contribution in [0.4, 0.5) is 5.95 Å². The number of nitrogen functional groups attached to an aromatic ring is 1. The highest BCUT2D eigenvalue weighted by Crippen LogP contribution is 2.46. The van der Waals surface area contributed by atoms with Gasteiger partial charge in [-0.2, -0.15) is 0 Å². The van der Waals surface area contributed by atoms with Crippen LogP contribution in [0.3, 0.4) is 0 Å². The molecule has 7 nitrogen and oxygen atoms in total. The van der Waals surface area contributed by atoms with Crippen molar-refractivity contribution in [3.63, 3.8) is 0 Å². The summed E-state index contributed by atoms with van der Waals surface area (Å²) >= 11 is 1.48. The second kappa shape index (κ2) is 5.64. The number of aryl methyl sites for hydroxylation is 1. The first-order valence-corrected chi connectivity index (χ1v) is 8.18. The monoisotopic (exact) mass is 342 g/mol. The van der Waals surface area contributed by atoms with Crippen LogP contribution in [-0.4, -0.2) is 33.3 Å². The number of aromatic hydroxyl groups is 1. The average molecular weight is 342 g/mol. The van der Waals surface area contributed by atoms with Gasteiger partial charge in [-0.15, -0.1) is 11.3 Å². The summed E-state index contributed by atoms with van der Waals surface area (Å²) < 4.78 is 11.0. The van der Waals surface area contributed by atoms with Crippen molar-refractivity contribution in [1.29, 1.82) is 0 Å². The third-order valence-electron chi connectivity index (χ3n) is 3.59. The number of rotatable bonds is 2. The number of benzene rings is 1. The highest BCUT2D eigenvalue weighted by atomic mass is 32.1. The molecule has 0 atom stereocenters. The second-order valence-electron chi connectivity index (χ2n) is 5.27. The molecule has 0 radical (unpaired) electrons. The number of hydrogen-bond donors (Lipinski definition) is 2. The first kappa shape index (κ1) is 14.7. The van der Waals surface area contributed by atoms with Gasteiger partial charge in [-0.25, -0.2) is 15.0 Å². The minimum atomic E-state index is -0.0279. The third kappa shape index (κ3) is 2.41. The van der Waals surface area contributed by atoms with Gasteiger partial charge in [0.1, 0.15) is 18.2 Å². The predicted octanol–water partition coefficient (Wildman–Crippen LogP) is 2.63. The topological polar surface area (TPSA) is 103 Å². The Morgan fingerprint density at radius 1 is 1.17 bits per heavy atom. The van der Waals surface area contributed by atoms with Crippen LogP contribution in [0.1, 0.15) is 5.69 Å². The first-order valence-electron chi connectivity index (χ1n) is 7.30. The Kier molecular flexibility index (Phi) is 3.46.